The third kappa shape index (κ3) is 14.3. The summed E-state index contributed by atoms with van der Waals surface area (Å²) in [5, 5.41) is 9.05. The second kappa shape index (κ2) is 18.0. The molecule has 0 saturated heterocycles. The minimum atomic E-state index is -0.158. The molecule has 1 aromatic rings. The normalized spacial score (nSPS) is 10.8. The number of benzene rings is 1. The SMILES string of the molecule is CCCCOCCOCCNC(=NCC(=O)Nc1ccccc1)NCC.I. The van der Waals surface area contributed by atoms with E-state index in [-0.39, 0.29) is 36.4 Å². The number of hydrogen-bond donors (Lipinski definition) is 3. The number of aliphatic imine (C=N–C) groups is 1. The fraction of sp³-hybridized carbons (Fsp3) is 0.579. The summed E-state index contributed by atoms with van der Waals surface area (Å²) in [5.41, 5.74) is 0.764. The molecule has 154 valence electrons. The second-order valence-electron chi connectivity index (χ2n) is 5.61. The van der Waals surface area contributed by atoms with Gasteiger partial charge in [-0.2, -0.15) is 0 Å². The zero-order valence-corrected chi connectivity index (χ0v) is 18.7. The summed E-state index contributed by atoms with van der Waals surface area (Å²) in [5.74, 6) is 0.437. The Labute approximate surface area is 179 Å². The van der Waals surface area contributed by atoms with Gasteiger partial charge in [-0.05, 0) is 25.5 Å². The first-order valence-corrected chi connectivity index (χ1v) is 9.28. The zero-order valence-electron chi connectivity index (χ0n) is 16.3. The van der Waals surface area contributed by atoms with E-state index in [1.54, 1.807) is 0 Å². The smallest absolute Gasteiger partial charge is 0.246 e. The molecule has 1 rings (SSSR count). The summed E-state index contributed by atoms with van der Waals surface area (Å²) in [4.78, 5) is 16.2. The number of hydrogen-bond acceptors (Lipinski definition) is 4. The van der Waals surface area contributed by atoms with Crippen LogP contribution in [0.3, 0.4) is 0 Å². The molecule has 3 N–H and O–H groups in total. The predicted molar refractivity (Wildman–Crippen MR) is 121 cm³/mol. The largest absolute Gasteiger partial charge is 0.379 e. The molecule has 7 nitrogen and oxygen atoms in total. The third-order valence-electron chi connectivity index (χ3n) is 3.34. The lowest BCUT2D eigenvalue weighted by atomic mass is 10.3. The van der Waals surface area contributed by atoms with Gasteiger partial charge in [-0.3, -0.25) is 4.79 Å². The van der Waals surface area contributed by atoms with Crippen molar-refractivity contribution in [3.63, 3.8) is 0 Å². The Morgan fingerprint density at radius 3 is 2.37 bits per heavy atom. The van der Waals surface area contributed by atoms with Crippen molar-refractivity contribution in [2.45, 2.75) is 26.7 Å². The molecule has 0 atom stereocenters. The summed E-state index contributed by atoms with van der Waals surface area (Å²) in [6, 6.07) is 9.34. The first-order chi connectivity index (χ1) is 12.8. The van der Waals surface area contributed by atoms with Crippen LogP contribution < -0.4 is 16.0 Å². The lowest BCUT2D eigenvalue weighted by molar-refractivity contribution is -0.114. The fourth-order valence-corrected chi connectivity index (χ4v) is 2.02. The number of guanidine groups is 1. The Hall–Kier alpha value is -1.39. The average Bonchev–Trinajstić information content (AvgIpc) is 2.65. The number of nitrogens with zero attached hydrogens (tertiary/aromatic N) is 1. The summed E-state index contributed by atoms with van der Waals surface area (Å²) in [6.45, 7) is 8.05. The molecule has 0 aliphatic heterocycles. The highest BCUT2D eigenvalue weighted by Gasteiger charge is 2.02. The Kier molecular flexibility index (Phi) is 17.1. The van der Waals surface area contributed by atoms with Crippen molar-refractivity contribution in [2.24, 2.45) is 4.99 Å². The van der Waals surface area contributed by atoms with Crippen LogP contribution in [0.15, 0.2) is 35.3 Å². The van der Waals surface area contributed by atoms with Gasteiger partial charge in [0.15, 0.2) is 5.96 Å². The highest BCUT2D eigenvalue weighted by molar-refractivity contribution is 14.0. The minimum Gasteiger partial charge on any atom is -0.379 e. The van der Waals surface area contributed by atoms with Gasteiger partial charge >= 0.3 is 0 Å². The number of carbonyl (C=O) groups is 1. The quantitative estimate of drug-likeness (QED) is 0.171. The van der Waals surface area contributed by atoms with E-state index in [1.807, 2.05) is 37.3 Å². The number of carbonyl (C=O) groups excluding carboxylic acids is 1. The first-order valence-electron chi connectivity index (χ1n) is 9.28. The number of amides is 1. The van der Waals surface area contributed by atoms with Gasteiger partial charge in [0.05, 0.1) is 19.8 Å². The lowest BCUT2D eigenvalue weighted by Gasteiger charge is -2.11. The highest BCUT2D eigenvalue weighted by atomic mass is 127. The summed E-state index contributed by atoms with van der Waals surface area (Å²) in [6.07, 6.45) is 2.22. The summed E-state index contributed by atoms with van der Waals surface area (Å²) >= 11 is 0. The van der Waals surface area contributed by atoms with Gasteiger partial charge in [0.1, 0.15) is 6.54 Å². The maximum Gasteiger partial charge on any atom is 0.246 e. The number of halogens is 1. The third-order valence-corrected chi connectivity index (χ3v) is 3.34. The molecule has 1 amide bonds. The Bertz CT molecular complexity index is 515. The molecule has 0 unspecified atom stereocenters. The van der Waals surface area contributed by atoms with Gasteiger partial charge in [0, 0.05) is 25.4 Å². The van der Waals surface area contributed by atoms with E-state index in [4.69, 9.17) is 9.47 Å². The monoisotopic (exact) mass is 492 g/mol. The van der Waals surface area contributed by atoms with Gasteiger partial charge < -0.3 is 25.4 Å². The summed E-state index contributed by atoms with van der Waals surface area (Å²) in [7, 11) is 0. The van der Waals surface area contributed by atoms with E-state index in [1.165, 1.54) is 0 Å². The van der Waals surface area contributed by atoms with Crippen LogP contribution in [-0.2, 0) is 14.3 Å². The topological polar surface area (TPSA) is 84.0 Å². The highest BCUT2D eigenvalue weighted by Crippen LogP contribution is 2.04. The Morgan fingerprint density at radius 1 is 1.00 bits per heavy atom. The number of nitrogens with one attached hydrogen (secondary N) is 3. The molecule has 0 aromatic heterocycles. The van der Waals surface area contributed by atoms with E-state index in [9.17, 15) is 4.79 Å². The molecule has 0 aliphatic carbocycles. The molecule has 0 aliphatic rings. The second-order valence-corrected chi connectivity index (χ2v) is 5.61. The maximum atomic E-state index is 11.9. The lowest BCUT2D eigenvalue weighted by Crippen LogP contribution is -2.39. The van der Waals surface area contributed by atoms with Gasteiger partial charge in [0.2, 0.25) is 5.91 Å². The van der Waals surface area contributed by atoms with Crippen LogP contribution in [0.4, 0.5) is 5.69 Å². The molecule has 0 heterocycles. The fourth-order valence-electron chi connectivity index (χ4n) is 2.02. The molecular weight excluding hydrogens is 459 g/mol. The van der Waals surface area contributed by atoms with Gasteiger partial charge in [-0.1, -0.05) is 31.5 Å². The van der Waals surface area contributed by atoms with E-state index >= 15 is 0 Å². The molecule has 0 bridgehead atoms. The van der Waals surface area contributed by atoms with Crippen molar-refractivity contribution in [3.05, 3.63) is 30.3 Å². The van der Waals surface area contributed by atoms with Gasteiger partial charge in [0.25, 0.3) is 0 Å². The van der Waals surface area contributed by atoms with E-state index < -0.39 is 0 Å². The van der Waals surface area contributed by atoms with E-state index in [2.05, 4.69) is 27.9 Å². The number of rotatable bonds is 13. The predicted octanol–water partition coefficient (Wildman–Crippen LogP) is 2.63. The van der Waals surface area contributed by atoms with Crippen LogP contribution in [0, 0.1) is 0 Å². The molecule has 0 fully saturated rings. The van der Waals surface area contributed by atoms with Crippen LogP contribution in [0.1, 0.15) is 26.7 Å². The standard InChI is InChI=1S/C19H32N4O3.HI/c1-3-5-12-25-14-15-26-13-11-21-19(20-4-2)22-16-18(24)23-17-9-7-6-8-10-17;/h6-10H,3-5,11-16H2,1-2H3,(H,23,24)(H2,20,21,22);1H. The van der Waals surface area contributed by atoms with Gasteiger partial charge in [-0.15, -0.1) is 24.0 Å². The van der Waals surface area contributed by atoms with Crippen LogP contribution in [0.25, 0.3) is 0 Å². The average molecular weight is 492 g/mol. The molecule has 0 spiro atoms. The molecule has 1 aromatic carbocycles. The number of unbranched alkanes of at least 4 members (excludes halogenated alkanes) is 1. The van der Waals surface area contributed by atoms with Crippen molar-refractivity contribution in [1.29, 1.82) is 0 Å². The van der Waals surface area contributed by atoms with E-state index in [0.717, 1.165) is 31.7 Å². The maximum absolute atomic E-state index is 11.9. The minimum absolute atomic E-state index is 0. The van der Waals surface area contributed by atoms with Crippen LogP contribution in [0.2, 0.25) is 0 Å². The number of para-hydroxylation sites is 1. The first kappa shape index (κ1) is 25.6. The van der Waals surface area contributed by atoms with Crippen molar-refractivity contribution < 1.29 is 14.3 Å². The van der Waals surface area contributed by atoms with Crippen LogP contribution in [0.5, 0.6) is 0 Å². The zero-order chi connectivity index (χ0) is 18.9. The molecular formula is C19H33IN4O3. The Morgan fingerprint density at radius 2 is 1.70 bits per heavy atom. The summed E-state index contributed by atoms with van der Waals surface area (Å²) < 4.78 is 10.9. The molecule has 8 heteroatoms. The number of anilines is 1. The Balaban J connectivity index is 0.00000676. The van der Waals surface area contributed by atoms with Crippen molar-refractivity contribution in [1.82, 2.24) is 10.6 Å². The molecule has 27 heavy (non-hydrogen) atoms. The number of ether oxygens (including phenoxy) is 2. The van der Waals surface area contributed by atoms with Crippen molar-refractivity contribution in [3.8, 4) is 0 Å². The van der Waals surface area contributed by atoms with Gasteiger partial charge in [-0.25, -0.2) is 4.99 Å². The van der Waals surface area contributed by atoms with Crippen molar-refractivity contribution in [2.75, 3.05) is 51.4 Å². The molecule has 0 saturated carbocycles. The van der Waals surface area contributed by atoms with E-state index in [0.29, 0.717) is 32.3 Å². The molecule has 0 radical (unpaired) electrons. The van der Waals surface area contributed by atoms with Crippen molar-refractivity contribution >= 4 is 41.5 Å². The van der Waals surface area contributed by atoms with Crippen LogP contribution >= 0.6 is 24.0 Å². The van der Waals surface area contributed by atoms with Crippen LogP contribution in [-0.4, -0.2) is 57.9 Å².